The molecule has 0 spiro atoms. The van der Waals surface area contributed by atoms with Crippen LogP contribution in [0, 0.1) is 0 Å². The van der Waals surface area contributed by atoms with Gasteiger partial charge in [0.1, 0.15) is 6.04 Å². The molecule has 3 aromatic rings. The maximum absolute atomic E-state index is 13.6. The van der Waals surface area contributed by atoms with Crippen LogP contribution in [0.1, 0.15) is 41.0 Å². The second kappa shape index (κ2) is 18.2. The summed E-state index contributed by atoms with van der Waals surface area (Å²) in [7, 11) is -3.79. The molecular weight excluding hydrogens is 643 g/mol. The summed E-state index contributed by atoms with van der Waals surface area (Å²) in [5.41, 5.74) is 14.0. The Balaban J connectivity index is 0.000000984. The number of nitrogens with two attached hydrogens (primary N) is 3. The molecular formula is C30H36F3N7O6S. The molecule has 0 saturated heterocycles. The Morgan fingerprint density at radius 2 is 1.28 bits per heavy atom. The van der Waals surface area contributed by atoms with Gasteiger partial charge in [0.15, 0.2) is 5.96 Å². The lowest BCUT2D eigenvalue weighted by Crippen LogP contribution is -2.48. The number of halogens is 3. The van der Waals surface area contributed by atoms with Gasteiger partial charge in [-0.1, -0.05) is 84.9 Å². The highest BCUT2D eigenvalue weighted by molar-refractivity contribution is 7.87. The Kier molecular flexibility index (Phi) is 14.8. The van der Waals surface area contributed by atoms with Gasteiger partial charge in [-0.15, -0.1) is 0 Å². The van der Waals surface area contributed by atoms with E-state index >= 15 is 0 Å². The van der Waals surface area contributed by atoms with Gasteiger partial charge in [0.05, 0.1) is 5.92 Å². The summed E-state index contributed by atoms with van der Waals surface area (Å²) in [5.74, 6) is -4.05. The van der Waals surface area contributed by atoms with Crippen molar-refractivity contribution >= 4 is 34.0 Å². The summed E-state index contributed by atoms with van der Waals surface area (Å²) in [5, 5.41) is 17.9. The first-order valence-electron chi connectivity index (χ1n) is 14.0. The maximum atomic E-state index is 13.6. The normalized spacial score (nSPS) is 11.9. The highest BCUT2D eigenvalue weighted by atomic mass is 32.2. The molecule has 0 aromatic heterocycles. The molecule has 2 amide bonds. The molecule has 0 aliphatic rings. The zero-order chi connectivity index (χ0) is 35.0. The second-order valence-electron chi connectivity index (χ2n) is 9.97. The van der Waals surface area contributed by atoms with Crippen LogP contribution in [0.2, 0.25) is 0 Å². The molecule has 17 heteroatoms. The van der Waals surface area contributed by atoms with E-state index in [1.807, 2.05) is 60.7 Å². The maximum Gasteiger partial charge on any atom is 0.490 e. The number of carboxylic acids is 1. The average Bonchev–Trinajstić information content (AvgIpc) is 3.01. The van der Waals surface area contributed by atoms with Crippen molar-refractivity contribution in [3.05, 3.63) is 107 Å². The number of aliphatic carboxylic acids is 1. The molecule has 0 aliphatic heterocycles. The van der Waals surface area contributed by atoms with E-state index in [0.717, 1.165) is 16.7 Å². The Labute approximate surface area is 269 Å². The van der Waals surface area contributed by atoms with Gasteiger partial charge in [0.2, 0.25) is 11.8 Å². The molecule has 0 bridgehead atoms. The topological polar surface area (TPSA) is 232 Å². The van der Waals surface area contributed by atoms with Crippen LogP contribution in [-0.4, -0.2) is 56.0 Å². The zero-order valence-electron chi connectivity index (χ0n) is 25.0. The Morgan fingerprint density at radius 1 is 0.809 bits per heavy atom. The van der Waals surface area contributed by atoms with Gasteiger partial charge >= 0.3 is 12.1 Å². The molecule has 3 rings (SSSR count). The van der Waals surface area contributed by atoms with Crippen LogP contribution in [0.5, 0.6) is 0 Å². The lowest BCUT2D eigenvalue weighted by atomic mass is 9.90. The van der Waals surface area contributed by atoms with E-state index in [9.17, 15) is 31.2 Å². The number of guanidine groups is 1. The number of alkyl halides is 3. The number of benzene rings is 3. The molecule has 0 aliphatic carbocycles. The Hall–Kier alpha value is -5.00. The summed E-state index contributed by atoms with van der Waals surface area (Å²) in [4.78, 5) is 39.8. The molecule has 0 unspecified atom stereocenters. The number of nitrogens with one attached hydrogen (secondary N) is 3. The molecule has 13 nitrogen and oxygen atoms in total. The molecule has 254 valence electrons. The van der Waals surface area contributed by atoms with Gasteiger partial charge in [0, 0.05) is 19.6 Å². The fraction of sp³-hybridized carbons (Fsp3) is 0.267. The number of rotatable bonds is 14. The SMILES string of the molecule is NC(N)=NCCC[C@@H](NC(=O)C(c1ccccc1)c1ccccc1)C(=O)NCc1ccc(CNS(N)(=O)=O)cc1.O=C(O)C(F)(F)F. The van der Waals surface area contributed by atoms with E-state index in [-0.39, 0.29) is 30.9 Å². The highest BCUT2D eigenvalue weighted by Crippen LogP contribution is 2.25. The fourth-order valence-electron chi connectivity index (χ4n) is 4.08. The molecule has 47 heavy (non-hydrogen) atoms. The van der Waals surface area contributed by atoms with Crippen LogP contribution in [0.4, 0.5) is 13.2 Å². The summed E-state index contributed by atoms with van der Waals surface area (Å²) in [6.07, 6.45) is -4.29. The van der Waals surface area contributed by atoms with Crippen molar-refractivity contribution < 1.29 is 41.1 Å². The van der Waals surface area contributed by atoms with E-state index in [2.05, 4.69) is 20.3 Å². The standard InChI is InChI=1S/C28H35N7O4S.C2HF3O2/c29-28(30)32-17-7-12-24(26(36)33-18-20-13-15-21(16-14-20)19-34-40(31,38)39)35-27(37)25(22-8-3-1-4-9-22)23-10-5-2-6-11-23;3-2(4,5)1(6)7/h1-6,8-11,13-16,24-25,34H,7,12,17-19H2,(H,33,36)(H,35,37)(H4,29,30,32)(H2,31,38,39);(H,6,7)/t24-;/m1./s1. The first-order valence-corrected chi connectivity index (χ1v) is 15.5. The zero-order valence-corrected chi connectivity index (χ0v) is 25.8. The van der Waals surface area contributed by atoms with Crippen molar-refractivity contribution in [1.82, 2.24) is 15.4 Å². The summed E-state index contributed by atoms with van der Waals surface area (Å²) in [6.45, 7) is 0.582. The fourth-order valence-corrected chi connectivity index (χ4v) is 4.45. The number of carbonyl (C=O) groups excluding carboxylic acids is 2. The average molecular weight is 680 g/mol. The van der Waals surface area contributed by atoms with E-state index < -0.39 is 34.3 Å². The predicted molar refractivity (Wildman–Crippen MR) is 168 cm³/mol. The molecule has 1 atom stereocenters. The van der Waals surface area contributed by atoms with Gasteiger partial charge in [-0.2, -0.15) is 26.3 Å². The van der Waals surface area contributed by atoms with Crippen LogP contribution in [0.15, 0.2) is 89.9 Å². The smallest absolute Gasteiger partial charge is 0.475 e. The second-order valence-corrected chi connectivity index (χ2v) is 11.3. The largest absolute Gasteiger partial charge is 0.490 e. The molecule has 0 heterocycles. The first kappa shape index (κ1) is 38.2. The quantitative estimate of drug-likeness (QED) is 0.0750. The van der Waals surface area contributed by atoms with Gasteiger partial charge in [-0.05, 0) is 35.1 Å². The summed E-state index contributed by atoms with van der Waals surface area (Å²) in [6, 6.07) is 25.0. The number of carboxylic acid groups (broad SMARTS) is 1. The van der Waals surface area contributed by atoms with E-state index in [1.165, 1.54) is 0 Å². The van der Waals surface area contributed by atoms with Gasteiger partial charge in [-0.3, -0.25) is 14.6 Å². The van der Waals surface area contributed by atoms with Crippen molar-refractivity contribution in [2.45, 2.75) is 44.1 Å². The Morgan fingerprint density at radius 3 is 1.70 bits per heavy atom. The molecule has 10 N–H and O–H groups in total. The van der Waals surface area contributed by atoms with Crippen LogP contribution >= 0.6 is 0 Å². The number of carbonyl (C=O) groups is 3. The third-order valence-electron chi connectivity index (χ3n) is 6.32. The first-order chi connectivity index (χ1) is 22.1. The minimum atomic E-state index is -5.08. The minimum Gasteiger partial charge on any atom is -0.475 e. The van der Waals surface area contributed by atoms with Crippen LogP contribution in [0.3, 0.4) is 0 Å². The van der Waals surface area contributed by atoms with Crippen LogP contribution in [-0.2, 0) is 37.7 Å². The third kappa shape index (κ3) is 14.8. The third-order valence-corrected chi connectivity index (χ3v) is 6.86. The van der Waals surface area contributed by atoms with E-state index in [1.54, 1.807) is 24.3 Å². The van der Waals surface area contributed by atoms with E-state index in [4.69, 9.17) is 26.5 Å². The lowest BCUT2D eigenvalue weighted by Gasteiger charge is -2.23. The van der Waals surface area contributed by atoms with E-state index in [0.29, 0.717) is 24.9 Å². The lowest BCUT2D eigenvalue weighted by molar-refractivity contribution is -0.192. The monoisotopic (exact) mass is 679 g/mol. The van der Waals surface area contributed by atoms with Crippen molar-refractivity contribution in [2.75, 3.05) is 6.54 Å². The molecule has 0 radical (unpaired) electrons. The number of nitrogens with zero attached hydrogens (tertiary/aromatic N) is 1. The number of hydrogen-bond donors (Lipinski definition) is 7. The number of hydrogen-bond acceptors (Lipinski definition) is 6. The summed E-state index contributed by atoms with van der Waals surface area (Å²) >= 11 is 0. The van der Waals surface area contributed by atoms with Crippen molar-refractivity contribution in [3.8, 4) is 0 Å². The molecule has 0 fully saturated rings. The van der Waals surface area contributed by atoms with Crippen molar-refractivity contribution in [1.29, 1.82) is 0 Å². The van der Waals surface area contributed by atoms with Gasteiger partial charge in [-0.25, -0.2) is 9.93 Å². The van der Waals surface area contributed by atoms with Crippen molar-refractivity contribution in [2.24, 2.45) is 21.6 Å². The van der Waals surface area contributed by atoms with Crippen molar-refractivity contribution in [3.63, 3.8) is 0 Å². The number of amides is 2. The number of aliphatic imine (C=N–C) groups is 1. The van der Waals surface area contributed by atoms with Gasteiger partial charge < -0.3 is 27.2 Å². The van der Waals surface area contributed by atoms with Crippen LogP contribution in [0.25, 0.3) is 0 Å². The minimum absolute atomic E-state index is 0.0408. The molecule has 0 saturated carbocycles. The predicted octanol–water partition coefficient (Wildman–Crippen LogP) is 1.60. The highest BCUT2D eigenvalue weighted by Gasteiger charge is 2.38. The van der Waals surface area contributed by atoms with Gasteiger partial charge in [0.25, 0.3) is 10.2 Å². The molecule has 3 aromatic carbocycles. The van der Waals surface area contributed by atoms with Crippen LogP contribution < -0.4 is 32.0 Å². The Bertz CT molecular complexity index is 1550. The summed E-state index contributed by atoms with van der Waals surface area (Å²) < 4.78 is 56.1.